The fourth-order valence-corrected chi connectivity index (χ4v) is 3.51. The maximum absolute atomic E-state index is 13.9. The minimum Gasteiger partial charge on any atom is -0.456 e. The van der Waals surface area contributed by atoms with Crippen LogP contribution in [0.1, 0.15) is 33.5 Å². The number of furan rings is 1. The molecule has 0 aliphatic rings. The van der Waals surface area contributed by atoms with Crippen LogP contribution in [0.3, 0.4) is 0 Å². The summed E-state index contributed by atoms with van der Waals surface area (Å²) in [7, 11) is 0. The molecule has 11 heteroatoms. The van der Waals surface area contributed by atoms with E-state index in [4.69, 9.17) is 18.3 Å². The Morgan fingerprint density at radius 2 is 1.68 bits per heavy atom. The summed E-state index contributed by atoms with van der Waals surface area (Å²) in [6, 6.07) is 10.1. The molecule has 2 heterocycles. The molecule has 4 aromatic rings. The first-order chi connectivity index (χ1) is 17.2. The molecule has 8 nitrogen and oxygen atoms in total. The van der Waals surface area contributed by atoms with Crippen molar-refractivity contribution in [2.24, 2.45) is 0 Å². The zero-order chi connectivity index (χ0) is 27.1. The van der Waals surface area contributed by atoms with E-state index in [1.54, 1.807) is 45.0 Å². The smallest absolute Gasteiger partial charge is 0.450 e. The number of amides is 1. The molecule has 0 saturated carbocycles. The van der Waals surface area contributed by atoms with Gasteiger partial charge in [-0.15, -0.1) is 0 Å². The van der Waals surface area contributed by atoms with Gasteiger partial charge in [0.05, 0.1) is 5.39 Å². The Hall–Kier alpha value is -4.28. The maximum Gasteiger partial charge on any atom is 0.450 e. The highest BCUT2D eigenvalue weighted by atomic mass is 19.4. The average Bonchev–Trinajstić information content (AvgIpc) is 3.20. The van der Waals surface area contributed by atoms with Gasteiger partial charge in [0, 0.05) is 11.5 Å². The number of alkyl carbamates (subject to hydrolysis) is 1. The van der Waals surface area contributed by atoms with Gasteiger partial charge in [0.25, 0.3) is 0 Å². The van der Waals surface area contributed by atoms with Gasteiger partial charge in [0.2, 0.25) is 11.2 Å². The largest absolute Gasteiger partial charge is 0.456 e. The normalized spacial score (nSPS) is 12.9. The van der Waals surface area contributed by atoms with Crippen molar-refractivity contribution < 1.29 is 41.1 Å². The Bertz CT molecular complexity index is 1530. The van der Waals surface area contributed by atoms with Gasteiger partial charge >= 0.3 is 18.2 Å². The van der Waals surface area contributed by atoms with Crippen LogP contribution in [0.25, 0.3) is 33.3 Å². The zero-order valence-electron chi connectivity index (χ0n) is 20.2. The standard InChI is InChI=1S/C26H22F3NO7/c1-13(30-24(33)37-25(2,3)4)23(32)34-15-9-10-16-18(12-15)36-22(26(27,28)29)20(21(16)31)19-11-14-7-5-6-8-17(14)35-19/h5-13H,1-4H3,(H,30,33). The quantitative estimate of drug-likeness (QED) is 0.260. The number of alkyl halides is 3. The van der Waals surface area contributed by atoms with Gasteiger partial charge in [0.15, 0.2) is 0 Å². The molecule has 1 N–H and O–H groups in total. The SMILES string of the molecule is CC(NC(=O)OC(C)(C)C)C(=O)Oc1ccc2c(=O)c(-c3cc4ccccc4o3)c(C(F)(F)F)oc2c1. The van der Waals surface area contributed by atoms with Crippen molar-refractivity contribution in [1.82, 2.24) is 5.32 Å². The molecule has 0 aliphatic heterocycles. The van der Waals surface area contributed by atoms with E-state index in [9.17, 15) is 27.6 Å². The fourth-order valence-electron chi connectivity index (χ4n) is 3.51. The van der Waals surface area contributed by atoms with E-state index in [1.165, 1.54) is 25.1 Å². The van der Waals surface area contributed by atoms with Crippen LogP contribution in [-0.4, -0.2) is 23.7 Å². The molecule has 0 bridgehead atoms. The highest BCUT2D eigenvalue weighted by Crippen LogP contribution is 2.39. The third-order valence-electron chi connectivity index (χ3n) is 5.10. The summed E-state index contributed by atoms with van der Waals surface area (Å²) in [5, 5.41) is 2.64. The number of ether oxygens (including phenoxy) is 2. The van der Waals surface area contributed by atoms with Gasteiger partial charge in [-0.2, -0.15) is 13.2 Å². The van der Waals surface area contributed by atoms with Crippen LogP contribution in [0.2, 0.25) is 0 Å². The van der Waals surface area contributed by atoms with Crippen molar-refractivity contribution in [3.8, 4) is 17.1 Å². The van der Waals surface area contributed by atoms with Crippen LogP contribution < -0.4 is 15.5 Å². The highest BCUT2D eigenvalue weighted by Gasteiger charge is 2.40. The van der Waals surface area contributed by atoms with E-state index in [0.29, 0.717) is 11.0 Å². The molecule has 2 aromatic carbocycles. The first kappa shape index (κ1) is 25.8. The van der Waals surface area contributed by atoms with Crippen LogP contribution in [-0.2, 0) is 15.7 Å². The number of nitrogens with one attached hydrogen (secondary N) is 1. The first-order valence-electron chi connectivity index (χ1n) is 11.1. The van der Waals surface area contributed by atoms with E-state index in [2.05, 4.69) is 5.32 Å². The number of hydrogen-bond acceptors (Lipinski definition) is 7. The molecule has 1 atom stereocenters. The number of esters is 1. The highest BCUT2D eigenvalue weighted by molar-refractivity contribution is 5.88. The number of halogens is 3. The van der Waals surface area contributed by atoms with Gasteiger partial charge in [-0.1, -0.05) is 18.2 Å². The lowest BCUT2D eigenvalue weighted by Crippen LogP contribution is -2.43. The number of fused-ring (bicyclic) bond motifs is 2. The van der Waals surface area contributed by atoms with E-state index in [-0.39, 0.29) is 16.9 Å². The topological polar surface area (TPSA) is 108 Å². The Balaban J connectivity index is 1.68. The molecule has 0 saturated heterocycles. The van der Waals surface area contributed by atoms with Crippen molar-refractivity contribution in [3.63, 3.8) is 0 Å². The van der Waals surface area contributed by atoms with Crippen LogP contribution in [0.4, 0.5) is 18.0 Å². The molecule has 0 aliphatic carbocycles. The molecule has 1 amide bonds. The number of carbonyl (C=O) groups excluding carboxylic acids is 2. The molecular formula is C26H22F3NO7. The van der Waals surface area contributed by atoms with Gasteiger partial charge in [-0.25, -0.2) is 9.59 Å². The summed E-state index contributed by atoms with van der Waals surface area (Å²) in [6.45, 7) is 6.28. The van der Waals surface area contributed by atoms with E-state index in [0.717, 1.165) is 6.07 Å². The van der Waals surface area contributed by atoms with Crippen LogP contribution in [0.15, 0.2) is 62.2 Å². The van der Waals surface area contributed by atoms with Gasteiger partial charge in [-0.05, 0) is 52.0 Å². The van der Waals surface area contributed by atoms with Crippen LogP contribution in [0.5, 0.6) is 5.75 Å². The van der Waals surface area contributed by atoms with Crippen molar-refractivity contribution in [1.29, 1.82) is 0 Å². The Morgan fingerprint density at radius 1 is 0.973 bits per heavy atom. The monoisotopic (exact) mass is 517 g/mol. The number of para-hydroxylation sites is 1. The second-order valence-electron chi connectivity index (χ2n) is 9.23. The number of benzene rings is 2. The first-order valence-corrected chi connectivity index (χ1v) is 11.1. The minimum absolute atomic E-state index is 0.178. The molecule has 194 valence electrons. The zero-order valence-corrected chi connectivity index (χ0v) is 20.2. The van der Waals surface area contributed by atoms with Gasteiger partial charge in [-0.3, -0.25) is 4.79 Å². The maximum atomic E-state index is 13.9. The molecule has 2 aromatic heterocycles. The van der Waals surface area contributed by atoms with Crippen molar-refractivity contribution in [2.45, 2.75) is 45.5 Å². The van der Waals surface area contributed by atoms with Crippen molar-refractivity contribution >= 4 is 34.0 Å². The van der Waals surface area contributed by atoms with Crippen LogP contribution >= 0.6 is 0 Å². The number of rotatable bonds is 4. The predicted octanol–water partition coefficient (Wildman–Crippen LogP) is 6.04. The lowest BCUT2D eigenvalue weighted by Gasteiger charge is -2.21. The number of hydrogen-bond donors (Lipinski definition) is 1. The number of carbonyl (C=O) groups is 2. The van der Waals surface area contributed by atoms with Gasteiger partial charge in [0.1, 0.15) is 39.9 Å². The second-order valence-corrected chi connectivity index (χ2v) is 9.23. The molecule has 0 fully saturated rings. The molecule has 0 radical (unpaired) electrons. The van der Waals surface area contributed by atoms with E-state index >= 15 is 0 Å². The molecule has 4 rings (SSSR count). The molecule has 0 spiro atoms. The third kappa shape index (κ3) is 5.60. The van der Waals surface area contributed by atoms with E-state index in [1.807, 2.05) is 0 Å². The summed E-state index contributed by atoms with van der Waals surface area (Å²) < 4.78 is 62.7. The molecule has 1 unspecified atom stereocenters. The second kappa shape index (κ2) is 9.30. The Kier molecular flexibility index (Phi) is 6.49. The predicted molar refractivity (Wildman–Crippen MR) is 127 cm³/mol. The minimum atomic E-state index is -5.03. The molecular weight excluding hydrogens is 495 g/mol. The fraction of sp³-hybridized carbons (Fsp3) is 0.269. The Labute approximate surface area is 207 Å². The van der Waals surface area contributed by atoms with Crippen LogP contribution in [0, 0.1) is 0 Å². The summed E-state index contributed by atoms with van der Waals surface area (Å²) in [5.74, 6) is -2.94. The van der Waals surface area contributed by atoms with E-state index < -0.39 is 52.2 Å². The summed E-state index contributed by atoms with van der Waals surface area (Å²) in [5.41, 5.74) is -2.67. The summed E-state index contributed by atoms with van der Waals surface area (Å²) >= 11 is 0. The Morgan fingerprint density at radius 3 is 2.32 bits per heavy atom. The van der Waals surface area contributed by atoms with Crippen molar-refractivity contribution in [2.75, 3.05) is 0 Å². The van der Waals surface area contributed by atoms with Crippen molar-refractivity contribution in [3.05, 3.63) is 64.5 Å². The lowest BCUT2D eigenvalue weighted by atomic mass is 10.1. The average molecular weight is 517 g/mol. The summed E-state index contributed by atoms with van der Waals surface area (Å²) in [6.07, 6.45) is -5.88. The van der Waals surface area contributed by atoms with Gasteiger partial charge < -0.3 is 23.6 Å². The lowest BCUT2D eigenvalue weighted by molar-refractivity contribution is -0.152. The molecule has 37 heavy (non-hydrogen) atoms. The third-order valence-corrected chi connectivity index (χ3v) is 5.10. The summed E-state index contributed by atoms with van der Waals surface area (Å²) in [4.78, 5) is 37.4.